The zero-order valence-corrected chi connectivity index (χ0v) is 11.9. The van der Waals surface area contributed by atoms with Crippen molar-refractivity contribution in [2.24, 2.45) is 11.8 Å². The number of aromatic nitrogens is 2. The van der Waals surface area contributed by atoms with Crippen LogP contribution in [0.3, 0.4) is 0 Å². The minimum atomic E-state index is 0.277. The second-order valence-electron chi connectivity index (χ2n) is 5.41. The molecule has 1 aliphatic rings. The van der Waals surface area contributed by atoms with E-state index in [1.807, 2.05) is 0 Å². The van der Waals surface area contributed by atoms with Gasteiger partial charge in [-0.1, -0.05) is 20.3 Å². The number of hydrazine groups is 1. The quantitative estimate of drug-likeness (QED) is 0.632. The lowest BCUT2D eigenvalue weighted by Crippen LogP contribution is -2.25. The monoisotopic (exact) mass is 264 g/mol. The van der Waals surface area contributed by atoms with Gasteiger partial charge in [-0.15, -0.1) is 0 Å². The third kappa shape index (κ3) is 4.06. The summed E-state index contributed by atoms with van der Waals surface area (Å²) in [6.45, 7) is 4.39. The highest BCUT2D eigenvalue weighted by molar-refractivity contribution is 5.37. The molecule has 0 aliphatic heterocycles. The summed E-state index contributed by atoms with van der Waals surface area (Å²) in [5, 5.41) is 0. The molecular weight excluding hydrogens is 240 g/mol. The Kier molecular flexibility index (Phi) is 4.96. The molecule has 0 saturated heterocycles. The molecule has 1 aromatic heterocycles. The van der Waals surface area contributed by atoms with Crippen molar-refractivity contribution < 1.29 is 4.74 Å². The number of nitrogens with one attached hydrogen (secondary N) is 1. The summed E-state index contributed by atoms with van der Waals surface area (Å²) in [7, 11) is 0. The van der Waals surface area contributed by atoms with Crippen LogP contribution in [-0.4, -0.2) is 16.1 Å². The van der Waals surface area contributed by atoms with E-state index in [0.29, 0.717) is 11.7 Å². The number of aryl methyl sites for hydroxylation is 1. The van der Waals surface area contributed by atoms with Gasteiger partial charge in [-0.25, -0.2) is 10.8 Å². The van der Waals surface area contributed by atoms with Gasteiger partial charge in [0.05, 0.1) is 0 Å². The number of nitrogen functional groups attached to an aromatic ring is 1. The van der Waals surface area contributed by atoms with E-state index in [4.69, 9.17) is 10.6 Å². The van der Waals surface area contributed by atoms with Gasteiger partial charge in [0, 0.05) is 12.5 Å². The van der Waals surface area contributed by atoms with Gasteiger partial charge in [0.25, 0.3) is 0 Å². The fourth-order valence-electron chi connectivity index (χ4n) is 2.60. The Morgan fingerprint density at radius 3 is 2.95 bits per heavy atom. The minimum absolute atomic E-state index is 0.277. The third-order valence-corrected chi connectivity index (χ3v) is 3.55. The van der Waals surface area contributed by atoms with Crippen molar-refractivity contribution in [1.82, 2.24) is 9.97 Å². The van der Waals surface area contributed by atoms with Gasteiger partial charge in [-0.3, -0.25) is 0 Å². The van der Waals surface area contributed by atoms with Crippen LogP contribution < -0.4 is 16.0 Å². The third-order valence-electron chi connectivity index (χ3n) is 3.55. The van der Waals surface area contributed by atoms with Crippen LogP contribution in [-0.2, 0) is 6.42 Å². The van der Waals surface area contributed by atoms with E-state index in [0.717, 1.165) is 37.4 Å². The molecule has 5 heteroatoms. The van der Waals surface area contributed by atoms with Gasteiger partial charge in [0.1, 0.15) is 17.7 Å². The van der Waals surface area contributed by atoms with E-state index >= 15 is 0 Å². The van der Waals surface area contributed by atoms with Crippen LogP contribution >= 0.6 is 0 Å². The predicted molar refractivity (Wildman–Crippen MR) is 75.9 cm³/mol. The van der Waals surface area contributed by atoms with Gasteiger partial charge in [-0.2, -0.15) is 4.98 Å². The molecule has 3 N–H and O–H groups in total. The van der Waals surface area contributed by atoms with E-state index in [2.05, 4.69) is 29.2 Å². The summed E-state index contributed by atoms with van der Waals surface area (Å²) in [6.07, 6.45) is 6.89. The van der Waals surface area contributed by atoms with E-state index in [9.17, 15) is 0 Å². The molecule has 106 valence electrons. The first-order valence-electron chi connectivity index (χ1n) is 7.22. The van der Waals surface area contributed by atoms with Crippen LogP contribution in [0.1, 0.15) is 51.8 Å². The van der Waals surface area contributed by atoms with Gasteiger partial charge >= 0.3 is 0 Å². The maximum atomic E-state index is 6.01. The molecule has 1 aliphatic carbocycles. The maximum absolute atomic E-state index is 6.01. The van der Waals surface area contributed by atoms with Crippen molar-refractivity contribution in [2.45, 2.75) is 58.5 Å². The number of hydrogen-bond donors (Lipinski definition) is 2. The second kappa shape index (κ2) is 6.70. The van der Waals surface area contributed by atoms with Crippen molar-refractivity contribution in [1.29, 1.82) is 0 Å². The van der Waals surface area contributed by atoms with E-state index < -0.39 is 0 Å². The van der Waals surface area contributed by atoms with Crippen molar-refractivity contribution in [3.8, 4) is 5.88 Å². The lowest BCUT2D eigenvalue weighted by atomic mass is 9.89. The van der Waals surface area contributed by atoms with Crippen molar-refractivity contribution >= 4 is 5.82 Å². The molecular formula is C14H24N4O. The summed E-state index contributed by atoms with van der Waals surface area (Å²) in [5.41, 5.74) is 2.58. The highest BCUT2D eigenvalue weighted by Gasteiger charge is 2.21. The Balaban J connectivity index is 2.07. The molecule has 0 bridgehead atoms. The molecule has 5 nitrogen and oxygen atoms in total. The molecule has 0 spiro atoms. The van der Waals surface area contributed by atoms with E-state index in [1.54, 1.807) is 6.07 Å². The molecule has 1 aromatic rings. The molecule has 1 fully saturated rings. The molecule has 19 heavy (non-hydrogen) atoms. The highest BCUT2D eigenvalue weighted by atomic mass is 16.5. The van der Waals surface area contributed by atoms with Crippen LogP contribution in [0.5, 0.6) is 5.88 Å². The molecule has 0 amide bonds. The standard InChI is InChI=1S/C14H24N4O/c1-3-5-12-16-13(18-15)9-14(17-12)19-11-7-4-6-10(2)8-11/h9-11H,3-8,15H2,1-2H3,(H,16,17,18). The number of nitrogens with two attached hydrogens (primary N) is 1. The normalized spacial score (nSPS) is 23.1. The summed E-state index contributed by atoms with van der Waals surface area (Å²) >= 11 is 0. The Bertz CT molecular complexity index is 410. The first-order chi connectivity index (χ1) is 9.21. The largest absolute Gasteiger partial charge is 0.474 e. The Hall–Kier alpha value is -1.36. The molecule has 2 atom stereocenters. The number of hydrogen-bond acceptors (Lipinski definition) is 5. The minimum Gasteiger partial charge on any atom is -0.474 e. The lowest BCUT2D eigenvalue weighted by Gasteiger charge is -2.27. The topological polar surface area (TPSA) is 73.1 Å². The highest BCUT2D eigenvalue weighted by Crippen LogP contribution is 2.27. The Labute approximate surface area is 114 Å². The average Bonchev–Trinajstić information content (AvgIpc) is 2.39. The van der Waals surface area contributed by atoms with Crippen LogP contribution in [0.25, 0.3) is 0 Å². The number of ether oxygens (including phenoxy) is 1. The van der Waals surface area contributed by atoms with Crippen molar-refractivity contribution in [3.63, 3.8) is 0 Å². The Morgan fingerprint density at radius 1 is 1.42 bits per heavy atom. The van der Waals surface area contributed by atoms with Crippen LogP contribution in [0, 0.1) is 5.92 Å². The fraction of sp³-hybridized carbons (Fsp3) is 0.714. The van der Waals surface area contributed by atoms with Gasteiger partial charge in [-0.05, 0) is 31.6 Å². The second-order valence-corrected chi connectivity index (χ2v) is 5.41. The first kappa shape index (κ1) is 14.1. The number of anilines is 1. The smallest absolute Gasteiger partial charge is 0.219 e. The van der Waals surface area contributed by atoms with Crippen molar-refractivity contribution in [3.05, 3.63) is 11.9 Å². The zero-order valence-electron chi connectivity index (χ0n) is 11.9. The number of nitrogens with zero attached hydrogens (tertiary/aromatic N) is 2. The van der Waals surface area contributed by atoms with Gasteiger partial charge < -0.3 is 10.2 Å². The molecule has 0 aromatic carbocycles. The summed E-state index contributed by atoms with van der Waals surface area (Å²) < 4.78 is 6.01. The Morgan fingerprint density at radius 2 is 2.26 bits per heavy atom. The van der Waals surface area contributed by atoms with Gasteiger partial charge in [0.2, 0.25) is 5.88 Å². The van der Waals surface area contributed by atoms with Crippen molar-refractivity contribution in [2.75, 3.05) is 5.43 Å². The van der Waals surface area contributed by atoms with Crippen LogP contribution in [0.2, 0.25) is 0 Å². The zero-order chi connectivity index (χ0) is 13.7. The molecule has 2 unspecified atom stereocenters. The molecule has 2 rings (SSSR count). The first-order valence-corrected chi connectivity index (χ1v) is 7.22. The fourth-order valence-corrected chi connectivity index (χ4v) is 2.60. The molecule has 1 heterocycles. The summed E-state index contributed by atoms with van der Waals surface area (Å²) in [6, 6.07) is 1.78. The van der Waals surface area contributed by atoms with Gasteiger partial charge in [0.15, 0.2) is 0 Å². The van der Waals surface area contributed by atoms with Crippen LogP contribution in [0.4, 0.5) is 5.82 Å². The average molecular weight is 264 g/mol. The molecule has 0 radical (unpaired) electrons. The SMILES string of the molecule is CCCc1nc(NN)cc(OC2CCCC(C)C2)n1. The number of rotatable bonds is 5. The predicted octanol–water partition coefficient (Wildman–Crippen LogP) is 2.67. The lowest BCUT2D eigenvalue weighted by molar-refractivity contribution is 0.123. The summed E-state index contributed by atoms with van der Waals surface area (Å²) in [5.74, 6) is 8.24. The maximum Gasteiger partial charge on any atom is 0.219 e. The van der Waals surface area contributed by atoms with E-state index in [1.165, 1.54) is 12.8 Å². The van der Waals surface area contributed by atoms with Crippen LogP contribution in [0.15, 0.2) is 6.07 Å². The molecule has 1 saturated carbocycles. The summed E-state index contributed by atoms with van der Waals surface area (Å²) in [4.78, 5) is 8.78. The van der Waals surface area contributed by atoms with E-state index in [-0.39, 0.29) is 6.10 Å².